The molecule has 0 radical (unpaired) electrons. The molecule has 1 aromatic heterocycles. The fourth-order valence-electron chi connectivity index (χ4n) is 1.59. The summed E-state index contributed by atoms with van der Waals surface area (Å²) in [7, 11) is 1.40. The van der Waals surface area contributed by atoms with Crippen molar-refractivity contribution >= 4 is 17.3 Å². The Labute approximate surface area is 104 Å². The van der Waals surface area contributed by atoms with Gasteiger partial charge in [0.2, 0.25) is 0 Å². The Morgan fingerprint density at radius 1 is 1.35 bits per heavy atom. The fraction of sp³-hybridized carbons (Fsp3) is 0.231. The molecule has 0 N–H and O–H groups in total. The highest BCUT2D eigenvalue weighted by atomic mass is 32.1. The number of thiazole rings is 1. The van der Waals surface area contributed by atoms with Gasteiger partial charge in [0, 0.05) is 0 Å². The normalized spacial score (nSPS) is 10.2. The zero-order valence-electron chi connectivity index (χ0n) is 9.77. The molecule has 17 heavy (non-hydrogen) atoms. The van der Waals surface area contributed by atoms with Crippen LogP contribution in [0.4, 0.5) is 0 Å². The Morgan fingerprint density at radius 2 is 2.06 bits per heavy atom. The molecule has 4 heteroatoms. The Balaban J connectivity index is 2.19. The molecule has 0 bridgehead atoms. The van der Waals surface area contributed by atoms with Crippen LogP contribution in [-0.2, 0) is 16.0 Å². The second-order valence-electron chi connectivity index (χ2n) is 3.72. The fourth-order valence-corrected chi connectivity index (χ4v) is 2.40. The molecule has 3 nitrogen and oxygen atoms in total. The van der Waals surface area contributed by atoms with Gasteiger partial charge in [-0.1, -0.05) is 24.3 Å². The lowest BCUT2D eigenvalue weighted by Crippen LogP contribution is -2.03. The van der Waals surface area contributed by atoms with E-state index in [0.717, 1.165) is 16.8 Å². The van der Waals surface area contributed by atoms with Crippen molar-refractivity contribution in [2.75, 3.05) is 7.11 Å². The van der Waals surface area contributed by atoms with Crippen LogP contribution >= 0.6 is 11.3 Å². The quantitative estimate of drug-likeness (QED) is 0.783. The SMILES string of the molecule is COC(=O)Cc1ccc(-c2scnc2C)cc1. The summed E-state index contributed by atoms with van der Waals surface area (Å²) in [6.07, 6.45) is 0.318. The summed E-state index contributed by atoms with van der Waals surface area (Å²) in [4.78, 5) is 16.5. The Morgan fingerprint density at radius 3 is 2.59 bits per heavy atom. The molecule has 2 rings (SSSR count). The van der Waals surface area contributed by atoms with Gasteiger partial charge < -0.3 is 4.74 Å². The molecule has 0 aliphatic heterocycles. The van der Waals surface area contributed by atoms with E-state index in [4.69, 9.17) is 0 Å². The minimum atomic E-state index is -0.216. The number of aromatic nitrogens is 1. The first-order valence-corrected chi connectivity index (χ1v) is 6.15. The van der Waals surface area contributed by atoms with E-state index in [2.05, 4.69) is 9.72 Å². The van der Waals surface area contributed by atoms with Gasteiger partial charge in [0.15, 0.2) is 0 Å². The third-order valence-electron chi connectivity index (χ3n) is 2.54. The van der Waals surface area contributed by atoms with Crippen molar-refractivity contribution in [2.24, 2.45) is 0 Å². The van der Waals surface area contributed by atoms with E-state index in [1.807, 2.05) is 36.7 Å². The summed E-state index contributed by atoms with van der Waals surface area (Å²) < 4.78 is 4.63. The van der Waals surface area contributed by atoms with Crippen LogP contribution in [0.5, 0.6) is 0 Å². The van der Waals surface area contributed by atoms with Crippen molar-refractivity contribution < 1.29 is 9.53 Å². The lowest BCUT2D eigenvalue weighted by molar-refractivity contribution is -0.139. The van der Waals surface area contributed by atoms with Crippen LogP contribution in [0.2, 0.25) is 0 Å². The molecule has 0 spiro atoms. The van der Waals surface area contributed by atoms with Crippen LogP contribution in [0.15, 0.2) is 29.8 Å². The van der Waals surface area contributed by atoms with E-state index < -0.39 is 0 Å². The number of carbonyl (C=O) groups is 1. The van der Waals surface area contributed by atoms with Crippen LogP contribution in [-0.4, -0.2) is 18.1 Å². The predicted octanol–water partition coefficient (Wildman–Crippen LogP) is 2.83. The summed E-state index contributed by atoms with van der Waals surface area (Å²) in [5.41, 5.74) is 4.98. The maximum atomic E-state index is 11.1. The molecule has 2 aromatic rings. The highest BCUT2D eigenvalue weighted by Gasteiger charge is 2.06. The molecule has 0 saturated carbocycles. The number of methoxy groups -OCH3 is 1. The molecule has 0 atom stereocenters. The third kappa shape index (κ3) is 2.71. The van der Waals surface area contributed by atoms with Gasteiger partial charge in [-0.2, -0.15) is 0 Å². The monoisotopic (exact) mass is 247 g/mol. The summed E-state index contributed by atoms with van der Waals surface area (Å²) in [6.45, 7) is 1.99. The number of benzene rings is 1. The largest absolute Gasteiger partial charge is 0.469 e. The molecular weight excluding hydrogens is 234 g/mol. The number of ether oxygens (including phenoxy) is 1. The molecule has 1 aromatic carbocycles. The lowest BCUT2D eigenvalue weighted by Gasteiger charge is -2.02. The van der Waals surface area contributed by atoms with E-state index in [1.54, 1.807) is 11.3 Å². The van der Waals surface area contributed by atoms with E-state index in [9.17, 15) is 4.79 Å². The van der Waals surface area contributed by atoms with Gasteiger partial charge in [-0.05, 0) is 18.1 Å². The van der Waals surface area contributed by atoms with Gasteiger partial charge in [0.05, 0.1) is 29.6 Å². The highest BCUT2D eigenvalue weighted by Crippen LogP contribution is 2.27. The summed E-state index contributed by atoms with van der Waals surface area (Å²) >= 11 is 1.62. The first kappa shape index (κ1) is 11.8. The van der Waals surface area contributed by atoms with Crippen molar-refractivity contribution in [3.05, 3.63) is 41.0 Å². The average Bonchev–Trinajstić information content (AvgIpc) is 2.76. The summed E-state index contributed by atoms with van der Waals surface area (Å²) in [5, 5.41) is 0. The van der Waals surface area contributed by atoms with Crippen molar-refractivity contribution in [1.82, 2.24) is 4.98 Å². The predicted molar refractivity (Wildman–Crippen MR) is 68.0 cm³/mol. The standard InChI is InChI=1S/C13H13NO2S/c1-9-13(17-8-14-9)11-5-3-10(4-6-11)7-12(15)16-2/h3-6,8H,7H2,1-2H3. The van der Waals surface area contributed by atoms with Crippen molar-refractivity contribution in [2.45, 2.75) is 13.3 Å². The zero-order valence-corrected chi connectivity index (χ0v) is 10.6. The second-order valence-corrected chi connectivity index (χ2v) is 4.57. The first-order chi connectivity index (χ1) is 8.20. The molecule has 0 aliphatic carbocycles. The van der Waals surface area contributed by atoms with Gasteiger partial charge in [0.25, 0.3) is 0 Å². The van der Waals surface area contributed by atoms with Gasteiger partial charge >= 0.3 is 5.97 Å². The molecule has 0 unspecified atom stereocenters. The molecule has 1 heterocycles. The van der Waals surface area contributed by atoms with Crippen LogP contribution in [0.3, 0.4) is 0 Å². The number of nitrogens with zero attached hydrogens (tertiary/aromatic N) is 1. The van der Waals surface area contributed by atoms with Crippen LogP contribution in [0, 0.1) is 6.92 Å². The summed E-state index contributed by atoms with van der Waals surface area (Å²) in [6, 6.07) is 7.92. The maximum Gasteiger partial charge on any atom is 0.309 e. The molecule has 0 saturated heterocycles. The third-order valence-corrected chi connectivity index (χ3v) is 3.52. The topological polar surface area (TPSA) is 39.2 Å². The number of carbonyl (C=O) groups excluding carboxylic acids is 1. The number of hydrogen-bond donors (Lipinski definition) is 0. The van der Waals surface area contributed by atoms with Crippen molar-refractivity contribution in [3.8, 4) is 10.4 Å². The van der Waals surface area contributed by atoms with Crippen molar-refractivity contribution in [3.63, 3.8) is 0 Å². The number of hydrogen-bond acceptors (Lipinski definition) is 4. The lowest BCUT2D eigenvalue weighted by atomic mass is 10.1. The van der Waals surface area contributed by atoms with Crippen LogP contribution in [0.1, 0.15) is 11.3 Å². The van der Waals surface area contributed by atoms with E-state index in [0.29, 0.717) is 6.42 Å². The molecule has 0 fully saturated rings. The van der Waals surface area contributed by atoms with Gasteiger partial charge in [-0.25, -0.2) is 4.98 Å². The molecule has 0 amide bonds. The average molecular weight is 247 g/mol. The molecule has 88 valence electrons. The maximum absolute atomic E-state index is 11.1. The Hall–Kier alpha value is -1.68. The smallest absolute Gasteiger partial charge is 0.309 e. The zero-order chi connectivity index (χ0) is 12.3. The van der Waals surface area contributed by atoms with Crippen LogP contribution < -0.4 is 0 Å². The van der Waals surface area contributed by atoms with Gasteiger partial charge in [-0.15, -0.1) is 11.3 Å². The highest BCUT2D eigenvalue weighted by molar-refractivity contribution is 7.13. The van der Waals surface area contributed by atoms with Gasteiger partial charge in [0.1, 0.15) is 0 Å². The van der Waals surface area contributed by atoms with E-state index >= 15 is 0 Å². The van der Waals surface area contributed by atoms with Gasteiger partial charge in [-0.3, -0.25) is 4.79 Å². The number of esters is 1. The molecular formula is C13H13NO2S. The van der Waals surface area contributed by atoms with Crippen molar-refractivity contribution in [1.29, 1.82) is 0 Å². The second kappa shape index (κ2) is 5.10. The van der Waals surface area contributed by atoms with Crippen LogP contribution in [0.25, 0.3) is 10.4 Å². The number of aryl methyl sites for hydroxylation is 1. The number of rotatable bonds is 3. The summed E-state index contributed by atoms with van der Waals surface area (Å²) in [5.74, 6) is -0.216. The minimum Gasteiger partial charge on any atom is -0.469 e. The molecule has 0 aliphatic rings. The first-order valence-electron chi connectivity index (χ1n) is 5.27. The Kier molecular flexibility index (Phi) is 3.54. The Bertz CT molecular complexity index is 516. The minimum absolute atomic E-state index is 0.216. The van der Waals surface area contributed by atoms with E-state index in [1.165, 1.54) is 12.0 Å². The van der Waals surface area contributed by atoms with E-state index in [-0.39, 0.29) is 5.97 Å².